The van der Waals surface area contributed by atoms with Crippen molar-refractivity contribution in [2.75, 3.05) is 0 Å². The summed E-state index contributed by atoms with van der Waals surface area (Å²) in [6.45, 7) is 0. The number of benzene rings is 4. The molecule has 0 aromatic heterocycles. The van der Waals surface area contributed by atoms with Crippen LogP contribution in [0.15, 0.2) is 60.7 Å². The fourth-order valence-corrected chi connectivity index (χ4v) is 3.50. The molecule has 0 bridgehead atoms. The van der Waals surface area contributed by atoms with Crippen molar-refractivity contribution in [3.05, 3.63) is 71.8 Å². The standard InChI is InChI=1S/C22H14O6/c23-19-13-7-3-1-5-11(13)9-15(21(25)26)17(19)18-16(22(27)28)10-12-6-2-4-8-14(12)20(18)24/h1-10,23-24H,(H,25,26)(H,27,28). The first-order valence-corrected chi connectivity index (χ1v) is 8.36. The van der Waals surface area contributed by atoms with Crippen LogP contribution in [0.25, 0.3) is 32.7 Å². The number of rotatable bonds is 3. The van der Waals surface area contributed by atoms with Crippen LogP contribution in [0.2, 0.25) is 0 Å². The monoisotopic (exact) mass is 374 g/mol. The second kappa shape index (κ2) is 6.28. The van der Waals surface area contributed by atoms with Gasteiger partial charge in [-0.25, -0.2) is 9.59 Å². The van der Waals surface area contributed by atoms with Crippen molar-refractivity contribution >= 4 is 33.5 Å². The summed E-state index contributed by atoms with van der Waals surface area (Å²) in [6, 6.07) is 15.9. The molecule has 0 aliphatic carbocycles. The lowest BCUT2D eigenvalue weighted by molar-refractivity contribution is 0.0684. The molecule has 0 aliphatic rings. The van der Waals surface area contributed by atoms with Crippen molar-refractivity contribution in [1.82, 2.24) is 0 Å². The molecule has 0 spiro atoms. The Morgan fingerprint density at radius 2 is 0.964 bits per heavy atom. The van der Waals surface area contributed by atoms with E-state index in [0.29, 0.717) is 21.5 Å². The van der Waals surface area contributed by atoms with Gasteiger partial charge in [0.05, 0.1) is 11.1 Å². The summed E-state index contributed by atoms with van der Waals surface area (Å²) in [7, 11) is 0. The molecule has 0 saturated carbocycles. The highest BCUT2D eigenvalue weighted by atomic mass is 16.4. The Kier molecular flexibility index (Phi) is 3.89. The highest BCUT2D eigenvalue weighted by Gasteiger charge is 2.27. The van der Waals surface area contributed by atoms with Crippen LogP contribution in [0.4, 0.5) is 0 Å². The largest absolute Gasteiger partial charge is 0.507 e. The van der Waals surface area contributed by atoms with E-state index in [1.165, 1.54) is 12.1 Å². The highest BCUT2D eigenvalue weighted by Crippen LogP contribution is 2.46. The number of phenols is 2. The van der Waals surface area contributed by atoms with Crippen LogP contribution in [0.1, 0.15) is 20.7 Å². The van der Waals surface area contributed by atoms with Crippen LogP contribution < -0.4 is 0 Å². The number of aromatic hydroxyl groups is 2. The molecule has 0 aliphatic heterocycles. The van der Waals surface area contributed by atoms with Gasteiger partial charge in [0.2, 0.25) is 0 Å². The first-order chi connectivity index (χ1) is 13.4. The van der Waals surface area contributed by atoms with Gasteiger partial charge < -0.3 is 20.4 Å². The molecule has 6 heteroatoms. The Morgan fingerprint density at radius 1 is 0.607 bits per heavy atom. The predicted molar refractivity (Wildman–Crippen MR) is 104 cm³/mol. The van der Waals surface area contributed by atoms with Crippen molar-refractivity contribution in [3.63, 3.8) is 0 Å². The minimum Gasteiger partial charge on any atom is -0.507 e. The molecule has 0 saturated heterocycles. The van der Waals surface area contributed by atoms with Gasteiger partial charge in [0.15, 0.2) is 0 Å². The maximum atomic E-state index is 11.9. The quantitative estimate of drug-likeness (QED) is 0.421. The van der Waals surface area contributed by atoms with Crippen molar-refractivity contribution < 1.29 is 30.0 Å². The van der Waals surface area contributed by atoms with Gasteiger partial charge in [-0.1, -0.05) is 48.5 Å². The van der Waals surface area contributed by atoms with E-state index in [0.717, 1.165) is 0 Å². The SMILES string of the molecule is O=C(O)c1cc2ccccc2c(O)c1-c1c(C(=O)O)cc2ccccc2c1O. The van der Waals surface area contributed by atoms with Crippen LogP contribution >= 0.6 is 0 Å². The third-order valence-corrected chi connectivity index (χ3v) is 4.75. The smallest absolute Gasteiger partial charge is 0.336 e. The third-order valence-electron chi connectivity index (χ3n) is 4.75. The number of carboxylic acids is 2. The van der Waals surface area contributed by atoms with Crippen LogP contribution in [-0.4, -0.2) is 32.4 Å². The van der Waals surface area contributed by atoms with Crippen LogP contribution in [0.5, 0.6) is 11.5 Å². The van der Waals surface area contributed by atoms with Gasteiger partial charge in [0.25, 0.3) is 0 Å². The summed E-state index contributed by atoms with van der Waals surface area (Å²) in [5.41, 5.74) is -1.06. The number of hydrogen-bond donors (Lipinski definition) is 4. The van der Waals surface area contributed by atoms with E-state index >= 15 is 0 Å². The Hall–Kier alpha value is -4.06. The molecule has 0 amide bonds. The highest BCUT2D eigenvalue weighted by molar-refractivity contribution is 6.13. The molecule has 28 heavy (non-hydrogen) atoms. The molecule has 4 rings (SSSR count). The molecule has 4 aromatic rings. The predicted octanol–water partition coefficient (Wildman–Crippen LogP) is 4.47. The van der Waals surface area contributed by atoms with E-state index in [9.17, 15) is 30.0 Å². The van der Waals surface area contributed by atoms with E-state index in [-0.39, 0.29) is 22.3 Å². The molecular formula is C22H14O6. The minimum atomic E-state index is -1.35. The zero-order valence-electron chi connectivity index (χ0n) is 14.4. The van der Waals surface area contributed by atoms with E-state index in [1.807, 2.05) is 0 Å². The average Bonchev–Trinajstić information content (AvgIpc) is 2.68. The zero-order chi connectivity index (χ0) is 20.0. The van der Waals surface area contributed by atoms with Crippen molar-refractivity contribution in [2.45, 2.75) is 0 Å². The van der Waals surface area contributed by atoms with Gasteiger partial charge >= 0.3 is 11.9 Å². The maximum Gasteiger partial charge on any atom is 0.336 e. The fraction of sp³-hybridized carbons (Fsp3) is 0. The van der Waals surface area contributed by atoms with Crippen molar-refractivity contribution in [2.24, 2.45) is 0 Å². The zero-order valence-corrected chi connectivity index (χ0v) is 14.4. The molecule has 6 nitrogen and oxygen atoms in total. The Bertz CT molecular complexity index is 1190. The molecule has 0 radical (unpaired) electrons. The average molecular weight is 374 g/mol. The topological polar surface area (TPSA) is 115 Å². The van der Waals surface area contributed by atoms with Gasteiger partial charge in [0.1, 0.15) is 11.5 Å². The second-order valence-electron chi connectivity index (χ2n) is 6.35. The van der Waals surface area contributed by atoms with Gasteiger partial charge in [-0.15, -0.1) is 0 Å². The number of aromatic carboxylic acids is 2. The first-order valence-electron chi connectivity index (χ1n) is 8.36. The Balaban J connectivity index is 2.23. The van der Waals surface area contributed by atoms with Crippen LogP contribution in [0.3, 0.4) is 0 Å². The maximum absolute atomic E-state index is 11.9. The summed E-state index contributed by atoms with van der Waals surface area (Å²) in [6.07, 6.45) is 0. The summed E-state index contributed by atoms with van der Waals surface area (Å²) < 4.78 is 0. The molecule has 0 heterocycles. The van der Waals surface area contributed by atoms with Crippen LogP contribution in [-0.2, 0) is 0 Å². The van der Waals surface area contributed by atoms with Crippen molar-refractivity contribution in [3.8, 4) is 22.6 Å². The third kappa shape index (κ3) is 2.51. The number of carbonyl (C=O) groups is 2. The molecule has 0 unspecified atom stereocenters. The molecule has 4 aromatic carbocycles. The minimum absolute atomic E-state index is 0.230. The molecular weight excluding hydrogens is 360 g/mol. The number of fused-ring (bicyclic) bond motifs is 2. The summed E-state index contributed by atoms with van der Waals surface area (Å²) in [4.78, 5) is 23.8. The van der Waals surface area contributed by atoms with E-state index in [1.54, 1.807) is 48.5 Å². The fourth-order valence-electron chi connectivity index (χ4n) is 3.50. The molecule has 0 fully saturated rings. The summed E-state index contributed by atoms with van der Waals surface area (Å²) in [5, 5.41) is 42.8. The van der Waals surface area contributed by atoms with E-state index in [2.05, 4.69) is 0 Å². The number of hydrogen-bond acceptors (Lipinski definition) is 4. The molecule has 4 N–H and O–H groups in total. The van der Waals surface area contributed by atoms with E-state index in [4.69, 9.17) is 0 Å². The van der Waals surface area contributed by atoms with Gasteiger partial charge in [-0.2, -0.15) is 0 Å². The van der Waals surface area contributed by atoms with Gasteiger partial charge in [0, 0.05) is 21.9 Å². The van der Waals surface area contributed by atoms with Crippen molar-refractivity contribution in [1.29, 1.82) is 0 Å². The van der Waals surface area contributed by atoms with E-state index < -0.39 is 23.4 Å². The Morgan fingerprint density at radius 3 is 1.32 bits per heavy atom. The lowest BCUT2D eigenvalue weighted by atomic mass is 9.88. The number of carboxylic acid groups (broad SMARTS) is 2. The summed E-state index contributed by atoms with van der Waals surface area (Å²) >= 11 is 0. The number of phenolic OH excluding ortho intramolecular Hbond substituents is 2. The van der Waals surface area contributed by atoms with Crippen LogP contribution in [0, 0.1) is 0 Å². The first kappa shape index (κ1) is 17.4. The molecule has 138 valence electrons. The van der Waals surface area contributed by atoms with Gasteiger partial charge in [-0.3, -0.25) is 0 Å². The lowest BCUT2D eigenvalue weighted by Gasteiger charge is -2.17. The summed E-state index contributed by atoms with van der Waals surface area (Å²) in [5.74, 6) is -3.49. The van der Waals surface area contributed by atoms with Gasteiger partial charge in [-0.05, 0) is 22.9 Å². The Labute approximate surface area is 158 Å². The second-order valence-corrected chi connectivity index (χ2v) is 6.35. The molecule has 0 atom stereocenters. The lowest BCUT2D eigenvalue weighted by Crippen LogP contribution is -2.06. The normalized spacial score (nSPS) is 11.0.